The topological polar surface area (TPSA) is 66.5 Å². The SMILES string of the molecule is CC(NC(=O)CN(c1ccccc1)S(C)(=O)=O)c1ccccc1. The highest BCUT2D eigenvalue weighted by molar-refractivity contribution is 7.92. The second kappa shape index (κ2) is 7.28. The zero-order valence-electron chi connectivity index (χ0n) is 13.1. The van der Waals surface area contributed by atoms with Crippen LogP contribution in [0.1, 0.15) is 18.5 Å². The smallest absolute Gasteiger partial charge is 0.241 e. The molecule has 0 aromatic heterocycles. The third-order valence-corrected chi connectivity index (χ3v) is 4.55. The Kier molecular flexibility index (Phi) is 5.39. The Morgan fingerprint density at radius 2 is 1.57 bits per heavy atom. The molecule has 0 radical (unpaired) electrons. The van der Waals surface area contributed by atoms with Crippen molar-refractivity contribution in [3.8, 4) is 0 Å². The molecule has 0 saturated heterocycles. The minimum absolute atomic E-state index is 0.194. The maximum Gasteiger partial charge on any atom is 0.241 e. The molecule has 0 heterocycles. The number of carbonyl (C=O) groups excluding carboxylic acids is 1. The van der Waals surface area contributed by atoms with Gasteiger partial charge in [-0.2, -0.15) is 0 Å². The van der Waals surface area contributed by atoms with Crippen molar-refractivity contribution < 1.29 is 13.2 Å². The Labute approximate surface area is 137 Å². The summed E-state index contributed by atoms with van der Waals surface area (Å²) in [5.74, 6) is -0.351. The molecule has 2 rings (SSSR count). The molecule has 2 aromatic carbocycles. The van der Waals surface area contributed by atoms with Crippen LogP contribution in [-0.2, 0) is 14.8 Å². The number of amides is 1. The van der Waals surface area contributed by atoms with Crippen LogP contribution in [0.25, 0.3) is 0 Å². The first-order valence-corrected chi connectivity index (χ1v) is 9.10. The molecule has 1 N–H and O–H groups in total. The van der Waals surface area contributed by atoms with Gasteiger partial charge in [-0.1, -0.05) is 48.5 Å². The van der Waals surface area contributed by atoms with Gasteiger partial charge in [0.2, 0.25) is 15.9 Å². The first-order valence-electron chi connectivity index (χ1n) is 7.25. The third-order valence-electron chi connectivity index (χ3n) is 3.41. The summed E-state index contributed by atoms with van der Waals surface area (Å²) in [5.41, 5.74) is 1.43. The maximum atomic E-state index is 12.2. The summed E-state index contributed by atoms with van der Waals surface area (Å²) in [6, 6.07) is 17.9. The second-order valence-electron chi connectivity index (χ2n) is 5.31. The molecule has 2 aromatic rings. The van der Waals surface area contributed by atoms with E-state index in [1.165, 1.54) is 0 Å². The van der Waals surface area contributed by atoms with E-state index in [1.54, 1.807) is 30.3 Å². The first kappa shape index (κ1) is 17.0. The summed E-state index contributed by atoms with van der Waals surface area (Å²) in [6.07, 6.45) is 1.09. The van der Waals surface area contributed by atoms with Gasteiger partial charge in [-0.25, -0.2) is 8.42 Å². The molecule has 5 nitrogen and oxygen atoms in total. The van der Waals surface area contributed by atoms with Gasteiger partial charge >= 0.3 is 0 Å². The van der Waals surface area contributed by atoms with Crippen LogP contribution >= 0.6 is 0 Å². The standard InChI is InChI=1S/C17H20N2O3S/c1-14(15-9-5-3-6-10-15)18-17(20)13-19(23(2,21)22)16-11-7-4-8-12-16/h3-12,14H,13H2,1-2H3,(H,18,20). The largest absolute Gasteiger partial charge is 0.348 e. The molecular formula is C17H20N2O3S. The number of hydrogen-bond acceptors (Lipinski definition) is 3. The van der Waals surface area contributed by atoms with Crippen molar-refractivity contribution in [3.63, 3.8) is 0 Å². The Morgan fingerprint density at radius 3 is 2.09 bits per heavy atom. The molecule has 1 amide bonds. The summed E-state index contributed by atoms with van der Waals surface area (Å²) in [4.78, 5) is 12.2. The van der Waals surface area contributed by atoms with Crippen LogP contribution in [0.4, 0.5) is 5.69 Å². The normalized spacial score (nSPS) is 12.4. The number of carbonyl (C=O) groups is 1. The molecule has 0 bridgehead atoms. The Balaban J connectivity index is 2.10. The van der Waals surface area contributed by atoms with Crippen LogP contribution in [0.15, 0.2) is 60.7 Å². The quantitative estimate of drug-likeness (QED) is 0.883. The van der Waals surface area contributed by atoms with E-state index in [4.69, 9.17) is 0 Å². The molecule has 0 aliphatic rings. The fraction of sp³-hybridized carbons (Fsp3) is 0.235. The highest BCUT2D eigenvalue weighted by Crippen LogP contribution is 2.17. The molecule has 0 aliphatic carbocycles. The van der Waals surface area contributed by atoms with E-state index in [0.29, 0.717) is 5.69 Å². The minimum Gasteiger partial charge on any atom is -0.348 e. The van der Waals surface area contributed by atoms with E-state index in [9.17, 15) is 13.2 Å². The van der Waals surface area contributed by atoms with E-state index < -0.39 is 10.0 Å². The second-order valence-corrected chi connectivity index (χ2v) is 7.21. The third kappa shape index (κ3) is 4.82. The lowest BCUT2D eigenvalue weighted by atomic mass is 10.1. The van der Waals surface area contributed by atoms with Crippen LogP contribution in [0.3, 0.4) is 0 Å². The van der Waals surface area contributed by atoms with Crippen LogP contribution in [0.5, 0.6) is 0 Å². The van der Waals surface area contributed by atoms with E-state index in [2.05, 4.69) is 5.32 Å². The molecule has 122 valence electrons. The lowest BCUT2D eigenvalue weighted by Gasteiger charge is -2.23. The van der Waals surface area contributed by atoms with E-state index >= 15 is 0 Å². The Hall–Kier alpha value is -2.34. The Bertz CT molecular complexity index is 746. The van der Waals surface area contributed by atoms with Crippen molar-refractivity contribution in [1.82, 2.24) is 5.32 Å². The van der Waals surface area contributed by atoms with E-state index in [0.717, 1.165) is 16.1 Å². The van der Waals surface area contributed by atoms with Gasteiger partial charge in [0.25, 0.3) is 0 Å². The molecule has 0 aliphatic heterocycles. The number of rotatable bonds is 6. The number of sulfonamides is 1. The van der Waals surface area contributed by atoms with E-state index in [-0.39, 0.29) is 18.5 Å². The highest BCUT2D eigenvalue weighted by Gasteiger charge is 2.21. The van der Waals surface area contributed by atoms with Gasteiger partial charge in [0, 0.05) is 0 Å². The van der Waals surface area contributed by atoms with E-state index in [1.807, 2.05) is 37.3 Å². The molecule has 6 heteroatoms. The summed E-state index contributed by atoms with van der Waals surface area (Å²) in [6.45, 7) is 1.61. The molecule has 0 fully saturated rings. The number of nitrogens with one attached hydrogen (secondary N) is 1. The highest BCUT2D eigenvalue weighted by atomic mass is 32.2. The zero-order chi connectivity index (χ0) is 16.9. The first-order chi connectivity index (χ1) is 10.9. The maximum absolute atomic E-state index is 12.2. The van der Waals surface area contributed by atoms with Gasteiger partial charge in [-0.15, -0.1) is 0 Å². The molecular weight excluding hydrogens is 312 g/mol. The van der Waals surface area contributed by atoms with Crippen molar-refractivity contribution in [1.29, 1.82) is 0 Å². The van der Waals surface area contributed by atoms with Gasteiger partial charge in [-0.3, -0.25) is 9.10 Å². The predicted molar refractivity (Wildman–Crippen MR) is 91.6 cm³/mol. The van der Waals surface area contributed by atoms with Gasteiger partial charge < -0.3 is 5.32 Å². The summed E-state index contributed by atoms with van der Waals surface area (Å²) in [7, 11) is -3.54. The lowest BCUT2D eigenvalue weighted by molar-refractivity contribution is -0.120. The summed E-state index contributed by atoms with van der Waals surface area (Å²) < 4.78 is 25.0. The summed E-state index contributed by atoms with van der Waals surface area (Å²) >= 11 is 0. The number of benzene rings is 2. The Morgan fingerprint density at radius 1 is 1.04 bits per heavy atom. The van der Waals surface area contributed by atoms with Crippen LogP contribution in [-0.4, -0.2) is 27.1 Å². The lowest BCUT2D eigenvalue weighted by Crippen LogP contribution is -2.41. The average Bonchev–Trinajstić information content (AvgIpc) is 2.53. The number of anilines is 1. The van der Waals surface area contributed by atoms with Crippen LogP contribution < -0.4 is 9.62 Å². The molecule has 1 atom stereocenters. The molecule has 0 saturated carbocycles. The van der Waals surface area contributed by atoms with Gasteiger partial charge in [0.1, 0.15) is 6.54 Å². The average molecular weight is 332 g/mol. The number of para-hydroxylation sites is 1. The van der Waals surface area contributed by atoms with Crippen molar-refractivity contribution in [2.24, 2.45) is 0 Å². The minimum atomic E-state index is -3.54. The number of hydrogen-bond donors (Lipinski definition) is 1. The van der Waals surface area contributed by atoms with Gasteiger partial charge in [0.05, 0.1) is 18.0 Å². The van der Waals surface area contributed by atoms with Gasteiger partial charge in [-0.05, 0) is 24.6 Å². The summed E-state index contributed by atoms with van der Waals surface area (Å²) in [5, 5.41) is 2.82. The number of nitrogens with zero attached hydrogens (tertiary/aromatic N) is 1. The molecule has 23 heavy (non-hydrogen) atoms. The fourth-order valence-corrected chi connectivity index (χ4v) is 3.09. The monoisotopic (exact) mass is 332 g/mol. The molecule has 0 spiro atoms. The van der Waals surface area contributed by atoms with Crippen molar-refractivity contribution in [2.75, 3.05) is 17.1 Å². The predicted octanol–water partition coefficient (Wildman–Crippen LogP) is 2.33. The van der Waals surface area contributed by atoms with Crippen LogP contribution in [0, 0.1) is 0 Å². The van der Waals surface area contributed by atoms with Crippen molar-refractivity contribution >= 4 is 21.6 Å². The van der Waals surface area contributed by atoms with Crippen molar-refractivity contribution in [2.45, 2.75) is 13.0 Å². The molecule has 1 unspecified atom stereocenters. The zero-order valence-corrected chi connectivity index (χ0v) is 14.0. The van der Waals surface area contributed by atoms with Crippen molar-refractivity contribution in [3.05, 3.63) is 66.2 Å². The fourth-order valence-electron chi connectivity index (χ4n) is 2.24. The van der Waals surface area contributed by atoms with Gasteiger partial charge in [0.15, 0.2) is 0 Å². The van der Waals surface area contributed by atoms with Crippen LogP contribution in [0.2, 0.25) is 0 Å².